The van der Waals surface area contributed by atoms with Crippen LogP contribution in [0.5, 0.6) is 0 Å². The number of thiophene rings is 1. The first-order valence-electron chi connectivity index (χ1n) is 6.36. The van der Waals surface area contributed by atoms with Gasteiger partial charge < -0.3 is 5.73 Å². The number of hydrogen-bond donors (Lipinski definition) is 1. The van der Waals surface area contributed by atoms with Crippen LogP contribution < -0.4 is 10.0 Å². The van der Waals surface area contributed by atoms with E-state index in [1.54, 1.807) is 11.4 Å². The Morgan fingerprint density at radius 3 is 2.55 bits per heavy atom. The van der Waals surface area contributed by atoms with E-state index in [1.165, 1.54) is 15.6 Å². The van der Waals surface area contributed by atoms with Gasteiger partial charge in [0.2, 0.25) is 0 Å². The minimum atomic E-state index is -3.52. The largest absolute Gasteiger partial charge is 0.326 e. The van der Waals surface area contributed by atoms with Crippen LogP contribution in [-0.4, -0.2) is 15.0 Å². The predicted octanol–water partition coefficient (Wildman–Crippen LogP) is 2.73. The molecule has 0 aliphatic rings. The lowest BCUT2D eigenvalue weighted by molar-refractivity contribution is 0.593. The first-order valence-corrected chi connectivity index (χ1v) is 8.68. The molecule has 0 aliphatic carbocycles. The summed E-state index contributed by atoms with van der Waals surface area (Å²) in [4.78, 5) is 0. The molecule has 1 aromatic heterocycles. The van der Waals surface area contributed by atoms with Crippen molar-refractivity contribution in [2.75, 3.05) is 10.8 Å². The number of nitrogens with zero attached hydrogens (tertiary/aromatic N) is 1. The van der Waals surface area contributed by atoms with Crippen molar-refractivity contribution in [3.8, 4) is 0 Å². The molecule has 1 heterocycles. The second kappa shape index (κ2) is 5.95. The Morgan fingerprint density at radius 1 is 1.30 bits per heavy atom. The molecular formula is C14H18N2O2S2. The first-order chi connectivity index (χ1) is 9.50. The number of rotatable bonds is 5. The summed E-state index contributed by atoms with van der Waals surface area (Å²) in [5, 5.41) is 1.79. The molecule has 0 atom stereocenters. The molecule has 20 heavy (non-hydrogen) atoms. The smallest absolute Gasteiger partial charge is 0.273 e. The van der Waals surface area contributed by atoms with E-state index in [9.17, 15) is 8.42 Å². The van der Waals surface area contributed by atoms with Gasteiger partial charge in [0.05, 0.1) is 5.69 Å². The van der Waals surface area contributed by atoms with Crippen molar-refractivity contribution in [3.63, 3.8) is 0 Å². The Balaban J connectivity index is 2.48. The molecule has 6 heteroatoms. The van der Waals surface area contributed by atoms with E-state index >= 15 is 0 Å². The molecule has 0 unspecified atom stereocenters. The van der Waals surface area contributed by atoms with Gasteiger partial charge in [0.1, 0.15) is 4.21 Å². The number of aryl methyl sites for hydroxylation is 1. The minimum absolute atomic E-state index is 0.336. The van der Waals surface area contributed by atoms with Crippen LogP contribution in [0.4, 0.5) is 5.69 Å². The maximum absolute atomic E-state index is 12.7. The molecule has 2 aromatic rings. The number of para-hydroxylation sites is 1. The molecule has 0 saturated carbocycles. The Labute approximate surface area is 123 Å². The molecule has 0 bridgehead atoms. The van der Waals surface area contributed by atoms with Gasteiger partial charge in [-0.2, -0.15) is 0 Å². The van der Waals surface area contributed by atoms with Gasteiger partial charge in [-0.05, 0) is 42.5 Å². The molecule has 2 N–H and O–H groups in total. The Bertz CT molecular complexity index is 693. The zero-order valence-corrected chi connectivity index (χ0v) is 13.2. The Morgan fingerprint density at radius 2 is 2.00 bits per heavy atom. The van der Waals surface area contributed by atoms with Crippen molar-refractivity contribution >= 4 is 27.0 Å². The van der Waals surface area contributed by atoms with Crippen LogP contribution in [-0.2, 0) is 16.6 Å². The molecule has 0 fully saturated rings. The van der Waals surface area contributed by atoms with Crippen molar-refractivity contribution in [2.24, 2.45) is 5.73 Å². The monoisotopic (exact) mass is 310 g/mol. The normalized spacial score (nSPS) is 11.6. The molecule has 0 amide bonds. The number of anilines is 1. The van der Waals surface area contributed by atoms with Gasteiger partial charge in [0.15, 0.2) is 0 Å². The van der Waals surface area contributed by atoms with E-state index in [2.05, 4.69) is 0 Å². The van der Waals surface area contributed by atoms with E-state index < -0.39 is 10.0 Å². The van der Waals surface area contributed by atoms with E-state index in [4.69, 9.17) is 5.73 Å². The van der Waals surface area contributed by atoms with Crippen LogP contribution in [0.25, 0.3) is 0 Å². The molecule has 4 nitrogen and oxygen atoms in total. The molecule has 0 saturated heterocycles. The van der Waals surface area contributed by atoms with Crippen molar-refractivity contribution in [1.82, 2.24) is 0 Å². The van der Waals surface area contributed by atoms with Crippen LogP contribution in [0.3, 0.4) is 0 Å². The fourth-order valence-corrected chi connectivity index (χ4v) is 4.89. The zero-order valence-electron chi connectivity index (χ0n) is 11.5. The molecule has 0 radical (unpaired) electrons. The summed E-state index contributed by atoms with van der Waals surface area (Å²) in [7, 11) is -3.52. The van der Waals surface area contributed by atoms with E-state index in [-0.39, 0.29) is 0 Å². The Hall–Kier alpha value is -1.37. The highest BCUT2D eigenvalue weighted by molar-refractivity contribution is 7.94. The summed E-state index contributed by atoms with van der Waals surface area (Å²) in [6.45, 7) is 4.49. The topological polar surface area (TPSA) is 63.4 Å². The van der Waals surface area contributed by atoms with Crippen LogP contribution in [0, 0.1) is 6.92 Å². The van der Waals surface area contributed by atoms with E-state index in [0.717, 1.165) is 16.8 Å². The summed E-state index contributed by atoms with van der Waals surface area (Å²) < 4.78 is 27.3. The summed E-state index contributed by atoms with van der Waals surface area (Å²) in [6, 6.07) is 9.14. The number of nitrogens with two attached hydrogens (primary N) is 1. The third-order valence-electron chi connectivity index (χ3n) is 3.08. The molecular weight excluding hydrogens is 292 g/mol. The Kier molecular flexibility index (Phi) is 4.47. The van der Waals surface area contributed by atoms with Crippen molar-refractivity contribution < 1.29 is 8.42 Å². The lowest BCUT2D eigenvalue weighted by Gasteiger charge is -2.23. The lowest BCUT2D eigenvalue weighted by Crippen LogP contribution is -2.30. The van der Waals surface area contributed by atoms with Crippen LogP contribution >= 0.6 is 11.3 Å². The zero-order chi connectivity index (χ0) is 14.8. The quantitative estimate of drug-likeness (QED) is 0.923. The summed E-state index contributed by atoms with van der Waals surface area (Å²) >= 11 is 1.22. The highest BCUT2D eigenvalue weighted by atomic mass is 32.2. The molecule has 1 aromatic carbocycles. The number of benzene rings is 1. The molecule has 0 aliphatic heterocycles. The summed E-state index contributed by atoms with van der Waals surface area (Å²) in [5.74, 6) is 0. The van der Waals surface area contributed by atoms with Crippen LogP contribution in [0.15, 0.2) is 39.9 Å². The minimum Gasteiger partial charge on any atom is -0.326 e. The van der Waals surface area contributed by atoms with Gasteiger partial charge in [-0.15, -0.1) is 11.3 Å². The van der Waals surface area contributed by atoms with Crippen molar-refractivity contribution in [1.29, 1.82) is 0 Å². The van der Waals surface area contributed by atoms with Gasteiger partial charge in [-0.25, -0.2) is 8.42 Å². The van der Waals surface area contributed by atoms with Gasteiger partial charge in [-0.3, -0.25) is 4.31 Å². The SMILES string of the molecule is CCN(c1ccccc1C)S(=O)(=O)c1cc(CN)cs1. The third kappa shape index (κ3) is 2.72. The van der Waals surface area contributed by atoms with E-state index in [1.807, 2.05) is 38.1 Å². The summed E-state index contributed by atoms with van der Waals surface area (Å²) in [5.41, 5.74) is 8.05. The predicted molar refractivity (Wildman–Crippen MR) is 83.6 cm³/mol. The van der Waals surface area contributed by atoms with Crippen LogP contribution in [0.2, 0.25) is 0 Å². The molecule has 2 rings (SSSR count). The van der Waals surface area contributed by atoms with Gasteiger partial charge >= 0.3 is 0 Å². The van der Waals surface area contributed by atoms with Crippen LogP contribution in [0.1, 0.15) is 18.1 Å². The standard InChI is InChI=1S/C14H18N2O2S2/c1-3-16(13-7-5-4-6-11(13)2)20(17,18)14-8-12(9-15)10-19-14/h4-8,10H,3,9,15H2,1-2H3. The van der Waals surface area contributed by atoms with Gasteiger partial charge in [0.25, 0.3) is 10.0 Å². The molecule has 0 spiro atoms. The van der Waals surface area contributed by atoms with Gasteiger partial charge in [0, 0.05) is 13.1 Å². The second-order valence-corrected chi connectivity index (χ2v) is 7.43. The van der Waals surface area contributed by atoms with Crippen molar-refractivity contribution in [2.45, 2.75) is 24.6 Å². The fraction of sp³-hybridized carbons (Fsp3) is 0.286. The highest BCUT2D eigenvalue weighted by Crippen LogP contribution is 2.29. The maximum atomic E-state index is 12.7. The fourth-order valence-electron chi connectivity index (χ4n) is 2.02. The number of sulfonamides is 1. The van der Waals surface area contributed by atoms with E-state index in [0.29, 0.717) is 17.3 Å². The molecule has 108 valence electrons. The lowest BCUT2D eigenvalue weighted by atomic mass is 10.2. The highest BCUT2D eigenvalue weighted by Gasteiger charge is 2.26. The van der Waals surface area contributed by atoms with Crippen molar-refractivity contribution in [3.05, 3.63) is 46.8 Å². The second-order valence-electron chi connectivity index (χ2n) is 4.43. The average Bonchev–Trinajstić information content (AvgIpc) is 2.91. The van der Waals surface area contributed by atoms with Gasteiger partial charge in [-0.1, -0.05) is 18.2 Å². The first kappa shape index (κ1) is 15.0. The average molecular weight is 310 g/mol. The third-order valence-corrected chi connectivity index (χ3v) is 6.43. The maximum Gasteiger partial charge on any atom is 0.273 e. The summed E-state index contributed by atoms with van der Waals surface area (Å²) in [6.07, 6.45) is 0. The number of hydrogen-bond acceptors (Lipinski definition) is 4.